The van der Waals surface area contributed by atoms with Crippen molar-refractivity contribution in [3.8, 4) is 0 Å². The Bertz CT molecular complexity index is 900. The van der Waals surface area contributed by atoms with E-state index in [1.165, 1.54) is 0 Å². The Morgan fingerprint density at radius 2 is 1.71 bits per heavy atom. The standard InChI is InChI=1S/C18H15ClN2O3/c1-2-11-3-5-12(6-4-11)17(22)20-21-18(23)16-10-13-9-14(19)7-8-15(13)24-16/h3-10H,2H2,1H3,(H,20,22)(H,21,23). The third-order valence-corrected chi connectivity index (χ3v) is 3.85. The maximum Gasteiger partial charge on any atom is 0.305 e. The van der Waals surface area contributed by atoms with Crippen molar-refractivity contribution in [2.75, 3.05) is 0 Å². The summed E-state index contributed by atoms with van der Waals surface area (Å²) in [6, 6.07) is 13.8. The van der Waals surface area contributed by atoms with Crippen LogP contribution >= 0.6 is 11.6 Å². The van der Waals surface area contributed by atoms with Gasteiger partial charge < -0.3 is 4.42 Å². The van der Waals surface area contributed by atoms with Crippen molar-refractivity contribution >= 4 is 34.4 Å². The summed E-state index contributed by atoms with van der Waals surface area (Å²) in [4.78, 5) is 24.1. The Balaban J connectivity index is 1.66. The van der Waals surface area contributed by atoms with Crippen molar-refractivity contribution in [3.63, 3.8) is 0 Å². The first kappa shape index (κ1) is 16.1. The molecular weight excluding hydrogens is 328 g/mol. The van der Waals surface area contributed by atoms with Gasteiger partial charge in [-0.2, -0.15) is 0 Å². The van der Waals surface area contributed by atoms with Gasteiger partial charge in [-0.25, -0.2) is 0 Å². The molecule has 0 spiro atoms. The fourth-order valence-electron chi connectivity index (χ4n) is 2.27. The molecule has 2 N–H and O–H groups in total. The number of carbonyl (C=O) groups is 2. The van der Waals surface area contributed by atoms with E-state index in [1.54, 1.807) is 36.4 Å². The van der Waals surface area contributed by atoms with Crippen molar-refractivity contribution in [2.45, 2.75) is 13.3 Å². The normalized spacial score (nSPS) is 10.6. The van der Waals surface area contributed by atoms with Crippen molar-refractivity contribution in [2.24, 2.45) is 0 Å². The zero-order valence-corrected chi connectivity index (χ0v) is 13.7. The van der Waals surface area contributed by atoms with Gasteiger partial charge in [0.2, 0.25) is 0 Å². The number of hydrogen-bond acceptors (Lipinski definition) is 3. The molecule has 0 unspecified atom stereocenters. The lowest BCUT2D eigenvalue weighted by Crippen LogP contribution is -2.41. The molecule has 3 aromatic rings. The second-order valence-electron chi connectivity index (χ2n) is 5.25. The van der Waals surface area contributed by atoms with Crippen LogP contribution in [-0.2, 0) is 6.42 Å². The van der Waals surface area contributed by atoms with Gasteiger partial charge in [0.25, 0.3) is 5.91 Å². The number of rotatable bonds is 3. The molecule has 2 aromatic carbocycles. The predicted octanol–water partition coefficient (Wildman–Crippen LogP) is 3.72. The summed E-state index contributed by atoms with van der Waals surface area (Å²) in [5, 5.41) is 1.27. The number of furan rings is 1. The van der Waals surface area contributed by atoms with E-state index in [4.69, 9.17) is 16.0 Å². The summed E-state index contributed by atoms with van der Waals surface area (Å²) in [5.74, 6) is -0.847. The summed E-state index contributed by atoms with van der Waals surface area (Å²) >= 11 is 5.90. The molecule has 0 atom stereocenters. The highest BCUT2D eigenvalue weighted by Gasteiger charge is 2.14. The van der Waals surface area contributed by atoms with Gasteiger partial charge in [0.05, 0.1) is 0 Å². The Morgan fingerprint density at radius 3 is 2.42 bits per heavy atom. The molecule has 0 aliphatic heterocycles. The fraction of sp³-hybridized carbons (Fsp3) is 0.111. The van der Waals surface area contributed by atoms with Gasteiger partial charge in [0.1, 0.15) is 5.58 Å². The number of nitrogens with one attached hydrogen (secondary N) is 2. The molecule has 2 amide bonds. The number of aryl methyl sites for hydroxylation is 1. The first-order valence-corrected chi connectivity index (χ1v) is 7.83. The quantitative estimate of drug-likeness (QED) is 0.712. The number of benzene rings is 2. The first-order valence-electron chi connectivity index (χ1n) is 7.45. The Hall–Kier alpha value is -2.79. The van der Waals surface area contributed by atoms with Crippen LogP contribution in [0.1, 0.15) is 33.4 Å². The summed E-state index contributed by atoms with van der Waals surface area (Å²) in [6.07, 6.45) is 0.898. The van der Waals surface area contributed by atoms with Crippen LogP contribution in [0.15, 0.2) is 52.9 Å². The topological polar surface area (TPSA) is 71.3 Å². The van der Waals surface area contributed by atoms with Crippen LogP contribution in [0.2, 0.25) is 5.02 Å². The van der Waals surface area contributed by atoms with Crippen molar-refractivity contribution < 1.29 is 14.0 Å². The molecule has 0 saturated carbocycles. The van der Waals surface area contributed by atoms with Crippen LogP contribution < -0.4 is 10.9 Å². The smallest absolute Gasteiger partial charge is 0.305 e. The van der Waals surface area contributed by atoms with Crippen LogP contribution in [0.3, 0.4) is 0 Å². The lowest BCUT2D eigenvalue weighted by Gasteiger charge is -2.06. The van der Waals surface area contributed by atoms with Gasteiger partial charge in [-0.05, 0) is 48.4 Å². The highest BCUT2D eigenvalue weighted by Crippen LogP contribution is 2.22. The molecule has 1 aromatic heterocycles. The van der Waals surface area contributed by atoms with E-state index in [0.29, 0.717) is 21.6 Å². The van der Waals surface area contributed by atoms with Gasteiger partial charge in [0, 0.05) is 16.0 Å². The van der Waals surface area contributed by atoms with Gasteiger partial charge in [0.15, 0.2) is 5.76 Å². The lowest BCUT2D eigenvalue weighted by molar-refractivity contribution is 0.0832. The van der Waals surface area contributed by atoms with E-state index in [-0.39, 0.29) is 5.76 Å². The number of carbonyl (C=O) groups excluding carboxylic acids is 2. The molecule has 6 heteroatoms. The number of amides is 2. The van der Waals surface area contributed by atoms with E-state index in [9.17, 15) is 9.59 Å². The Labute approximate surface area is 143 Å². The van der Waals surface area contributed by atoms with E-state index in [0.717, 1.165) is 12.0 Å². The minimum Gasteiger partial charge on any atom is -0.451 e. The lowest BCUT2D eigenvalue weighted by atomic mass is 10.1. The molecular formula is C18H15ClN2O3. The third-order valence-electron chi connectivity index (χ3n) is 3.62. The molecule has 5 nitrogen and oxygen atoms in total. The van der Waals surface area contributed by atoms with Crippen molar-refractivity contribution in [1.29, 1.82) is 0 Å². The average Bonchev–Trinajstić information content (AvgIpc) is 3.02. The molecule has 0 aliphatic rings. The maximum absolute atomic E-state index is 12.1. The molecule has 0 aliphatic carbocycles. The number of fused-ring (bicyclic) bond motifs is 1. The molecule has 3 rings (SSSR count). The number of halogens is 1. The van der Waals surface area contributed by atoms with Gasteiger partial charge >= 0.3 is 5.91 Å². The van der Waals surface area contributed by atoms with Crippen molar-refractivity contribution in [3.05, 3.63) is 70.4 Å². The maximum atomic E-state index is 12.1. The second-order valence-corrected chi connectivity index (χ2v) is 5.69. The van der Waals surface area contributed by atoms with Crippen LogP contribution in [0.5, 0.6) is 0 Å². The molecule has 0 bridgehead atoms. The third kappa shape index (κ3) is 3.41. The van der Waals surface area contributed by atoms with Crippen LogP contribution in [0.25, 0.3) is 11.0 Å². The van der Waals surface area contributed by atoms with E-state index in [1.807, 2.05) is 19.1 Å². The second kappa shape index (κ2) is 6.76. The summed E-state index contributed by atoms with van der Waals surface area (Å²) in [6.45, 7) is 2.04. The molecule has 1 heterocycles. The minimum absolute atomic E-state index is 0.0916. The molecule has 0 fully saturated rings. The highest BCUT2D eigenvalue weighted by molar-refractivity contribution is 6.31. The van der Waals surface area contributed by atoms with Crippen LogP contribution in [0.4, 0.5) is 0 Å². The predicted molar refractivity (Wildman–Crippen MR) is 92.0 cm³/mol. The Morgan fingerprint density at radius 1 is 1.00 bits per heavy atom. The van der Waals surface area contributed by atoms with Gasteiger partial charge in [-0.1, -0.05) is 30.7 Å². The van der Waals surface area contributed by atoms with Crippen LogP contribution in [0, 0.1) is 0 Å². The summed E-state index contributed by atoms with van der Waals surface area (Å²) in [5.41, 5.74) is 6.85. The Kier molecular flexibility index (Phi) is 4.53. The molecule has 0 saturated heterocycles. The monoisotopic (exact) mass is 342 g/mol. The molecule has 24 heavy (non-hydrogen) atoms. The van der Waals surface area contributed by atoms with E-state index in [2.05, 4.69) is 10.9 Å². The van der Waals surface area contributed by atoms with Gasteiger partial charge in [-0.3, -0.25) is 20.4 Å². The van der Waals surface area contributed by atoms with E-state index < -0.39 is 11.8 Å². The van der Waals surface area contributed by atoms with Gasteiger partial charge in [-0.15, -0.1) is 0 Å². The average molecular weight is 343 g/mol. The van der Waals surface area contributed by atoms with Crippen molar-refractivity contribution in [1.82, 2.24) is 10.9 Å². The van der Waals surface area contributed by atoms with Crippen LogP contribution in [-0.4, -0.2) is 11.8 Å². The summed E-state index contributed by atoms with van der Waals surface area (Å²) in [7, 11) is 0. The summed E-state index contributed by atoms with van der Waals surface area (Å²) < 4.78 is 5.43. The largest absolute Gasteiger partial charge is 0.451 e. The minimum atomic E-state index is -0.541. The molecule has 0 radical (unpaired) electrons. The highest BCUT2D eigenvalue weighted by atomic mass is 35.5. The zero-order chi connectivity index (χ0) is 17.1. The first-order chi connectivity index (χ1) is 11.6. The number of hydrazine groups is 1. The fourth-order valence-corrected chi connectivity index (χ4v) is 2.45. The SMILES string of the molecule is CCc1ccc(C(=O)NNC(=O)c2cc3cc(Cl)ccc3o2)cc1. The zero-order valence-electron chi connectivity index (χ0n) is 12.9. The number of hydrogen-bond donors (Lipinski definition) is 2. The van der Waals surface area contributed by atoms with E-state index >= 15 is 0 Å². The molecule has 122 valence electrons.